The van der Waals surface area contributed by atoms with Crippen LogP contribution in [-0.2, 0) is 17.8 Å². The number of rotatable bonds is 5. The summed E-state index contributed by atoms with van der Waals surface area (Å²) in [6.45, 7) is 4.79. The zero-order chi connectivity index (χ0) is 20.9. The van der Waals surface area contributed by atoms with Crippen LogP contribution in [0.5, 0.6) is 11.5 Å². The van der Waals surface area contributed by atoms with Crippen LogP contribution in [-0.4, -0.2) is 61.1 Å². The molecule has 0 unspecified atom stereocenters. The lowest BCUT2D eigenvalue weighted by Crippen LogP contribution is -2.49. The normalized spacial score (nSPS) is 16.2. The van der Waals surface area contributed by atoms with Crippen molar-refractivity contribution < 1.29 is 19.1 Å². The molecule has 0 bridgehead atoms. The number of primary amides is 1. The van der Waals surface area contributed by atoms with Crippen molar-refractivity contribution in [2.24, 2.45) is 5.73 Å². The van der Waals surface area contributed by atoms with E-state index < -0.39 is 5.91 Å². The fourth-order valence-electron chi connectivity index (χ4n) is 3.73. The SMILES string of the molecule is NC(=O)Cc1ccccc1NC(=O)N1CCN(Cc2ccc3c(c2)OCCO3)CC1. The molecule has 3 N–H and O–H groups in total. The number of urea groups is 1. The number of anilines is 1. The third kappa shape index (κ3) is 4.83. The third-order valence-electron chi connectivity index (χ3n) is 5.30. The lowest BCUT2D eigenvalue weighted by atomic mass is 10.1. The first kappa shape index (κ1) is 20.0. The number of hydrogen-bond donors (Lipinski definition) is 2. The number of para-hydroxylation sites is 1. The maximum Gasteiger partial charge on any atom is 0.321 e. The summed E-state index contributed by atoms with van der Waals surface area (Å²) in [5.41, 5.74) is 7.81. The van der Waals surface area contributed by atoms with Gasteiger partial charge in [0.25, 0.3) is 0 Å². The van der Waals surface area contributed by atoms with Crippen molar-refractivity contribution in [2.75, 3.05) is 44.7 Å². The molecule has 2 heterocycles. The Morgan fingerprint density at radius 1 is 0.967 bits per heavy atom. The number of benzene rings is 2. The molecule has 158 valence electrons. The molecular formula is C22H26N4O4. The summed E-state index contributed by atoms with van der Waals surface area (Å²) in [4.78, 5) is 28.0. The molecule has 30 heavy (non-hydrogen) atoms. The minimum absolute atomic E-state index is 0.0970. The maximum atomic E-state index is 12.7. The number of nitrogens with one attached hydrogen (secondary N) is 1. The molecule has 2 aromatic carbocycles. The van der Waals surface area contributed by atoms with E-state index in [0.29, 0.717) is 32.0 Å². The van der Waals surface area contributed by atoms with Gasteiger partial charge in [-0.25, -0.2) is 4.79 Å². The molecule has 0 spiro atoms. The second kappa shape index (κ2) is 9.04. The van der Waals surface area contributed by atoms with E-state index in [4.69, 9.17) is 15.2 Å². The van der Waals surface area contributed by atoms with Crippen LogP contribution >= 0.6 is 0 Å². The van der Waals surface area contributed by atoms with Crippen molar-refractivity contribution in [1.29, 1.82) is 0 Å². The number of amides is 3. The summed E-state index contributed by atoms with van der Waals surface area (Å²) >= 11 is 0. The van der Waals surface area contributed by atoms with Gasteiger partial charge in [0, 0.05) is 38.4 Å². The first-order chi connectivity index (χ1) is 14.6. The predicted octanol–water partition coefficient (Wildman–Crippen LogP) is 1.84. The van der Waals surface area contributed by atoms with E-state index in [1.165, 1.54) is 0 Å². The van der Waals surface area contributed by atoms with Gasteiger partial charge in [-0.15, -0.1) is 0 Å². The molecule has 0 aromatic heterocycles. The summed E-state index contributed by atoms with van der Waals surface area (Å²) in [5, 5.41) is 2.91. The van der Waals surface area contributed by atoms with Crippen LogP contribution in [0.4, 0.5) is 10.5 Å². The van der Waals surface area contributed by atoms with Gasteiger partial charge in [-0.1, -0.05) is 24.3 Å². The topological polar surface area (TPSA) is 97.1 Å². The van der Waals surface area contributed by atoms with Crippen molar-refractivity contribution in [1.82, 2.24) is 9.80 Å². The minimum Gasteiger partial charge on any atom is -0.486 e. The number of nitrogens with zero attached hydrogens (tertiary/aromatic N) is 2. The van der Waals surface area contributed by atoms with Crippen molar-refractivity contribution in [2.45, 2.75) is 13.0 Å². The number of nitrogens with two attached hydrogens (primary N) is 1. The number of carbonyl (C=O) groups is 2. The number of ether oxygens (including phenoxy) is 2. The largest absolute Gasteiger partial charge is 0.486 e. The fraction of sp³-hybridized carbons (Fsp3) is 0.364. The van der Waals surface area contributed by atoms with Crippen LogP contribution < -0.4 is 20.5 Å². The molecule has 8 heteroatoms. The average Bonchev–Trinajstić information content (AvgIpc) is 2.75. The van der Waals surface area contributed by atoms with Gasteiger partial charge < -0.3 is 25.4 Å². The van der Waals surface area contributed by atoms with Crippen LogP contribution in [0, 0.1) is 0 Å². The highest BCUT2D eigenvalue weighted by molar-refractivity contribution is 5.91. The lowest BCUT2D eigenvalue weighted by molar-refractivity contribution is -0.117. The quantitative estimate of drug-likeness (QED) is 0.784. The molecule has 3 amide bonds. The molecule has 8 nitrogen and oxygen atoms in total. The van der Waals surface area contributed by atoms with E-state index in [1.54, 1.807) is 17.0 Å². The minimum atomic E-state index is -0.426. The molecule has 2 aromatic rings. The highest BCUT2D eigenvalue weighted by Gasteiger charge is 2.22. The van der Waals surface area contributed by atoms with Crippen LogP contribution in [0.25, 0.3) is 0 Å². The summed E-state index contributed by atoms with van der Waals surface area (Å²) in [5.74, 6) is 1.17. The smallest absolute Gasteiger partial charge is 0.321 e. The Hall–Kier alpha value is -3.26. The van der Waals surface area contributed by atoms with Gasteiger partial charge in [0.1, 0.15) is 13.2 Å². The molecule has 0 atom stereocenters. The second-order valence-electron chi connectivity index (χ2n) is 7.47. The Balaban J connectivity index is 1.30. The Morgan fingerprint density at radius 3 is 2.47 bits per heavy atom. The van der Waals surface area contributed by atoms with Gasteiger partial charge in [0.2, 0.25) is 5.91 Å². The molecule has 1 saturated heterocycles. The van der Waals surface area contributed by atoms with Crippen molar-refractivity contribution in [3.05, 3.63) is 53.6 Å². The second-order valence-corrected chi connectivity index (χ2v) is 7.47. The van der Waals surface area contributed by atoms with Gasteiger partial charge in [-0.2, -0.15) is 0 Å². The first-order valence-electron chi connectivity index (χ1n) is 10.1. The summed E-state index contributed by atoms with van der Waals surface area (Å²) in [7, 11) is 0. The Bertz CT molecular complexity index is 925. The fourth-order valence-corrected chi connectivity index (χ4v) is 3.73. The van der Waals surface area contributed by atoms with Crippen LogP contribution in [0.3, 0.4) is 0 Å². The average molecular weight is 410 g/mol. The highest BCUT2D eigenvalue weighted by atomic mass is 16.6. The number of hydrogen-bond acceptors (Lipinski definition) is 5. The monoisotopic (exact) mass is 410 g/mol. The van der Waals surface area contributed by atoms with E-state index >= 15 is 0 Å². The Labute approximate surface area is 175 Å². The van der Waals surface area contributed by atoms with E-state index in [2.05, 4.69) is 16.3 Å². The molecule has 2 aliphatic heterocycles. The zero-order valence-electron chi connectivity index (χ0n) is 16.8. The first-order valence-corrected chi connectivity index (χ1v) is 10.1. The van der Waals surface area contributed by atoms with Crippen molar-refractivity contribution in [3.8, 4) is 11.5 Å². The van der Waals surface area contributed by atoms with Gasteiger partial charge in [-0.3, -0.25) is 9.69 Å². The zero-order valence-corrected chi connectivity index (χ0v) is 16.8. The van der Waals surface area contributed by atoms with Crippen molar-refractivity contribution in [3.63, 3.8) is 0 Å². The van der Waals surface area contributed by atoms with Crippen LogP contribution in [0.15, 0.2) is 42.5 Å². The summed E-state index contributed by atoms with van der Waals surface area (Å²) in [6.07, 6.45) is 0.0970. The third-order valence-corrected chi connectivity index (χ3v) is 5.30. The number of fused-ring (bicyclic) bond motifs is 1. The van der Waals surface area contributed by atoms with Crippen LogP contribution in [0.1, 0.15) is 11.1 Å². The van der Waals surface area contributed by atoms with Crippen molar-refractivity contribution >= 4 is 17.6 Å². The number of piperazine rings is 1. The standard InChI is InChI=1S/C22H26N4O4/c23-21(27)14-17-3-1-2-4-18(17)24-22(28)26-9-7-25(8-10-26)15-16-5-6-19-20(13-16)30-12-11-29-19/h1-6,13H,7-12,14-15H2,(H2,23,27)(H,24,28). The van der Waals surface area contributed by atoms with Gasteiger partial charge >= 0.3 is 6.03 Å². The predicted molar refractivity (Wildman–Crippen MR) is 113 cm³/mol. The summed E-state index contributed by atoms with van der Waals surface area (Å²) < 4.78 is 11.2. The van der Waals surface area contributed by atoms with Crippen LogP contribution in [0.2, 0.25) is 0 Å². The van der Waals surface area contributed by atoms with Gasteiger partial charge in [-0.05, 0) is 29.3 Å². The molecule has 0 radical (unpaired) electrons. The van der Waals surface area contributed by atoms with E-state index in [9.17, 15) is 9.59 Å². The van der Waals surface area contributed by atoms with E-state index in [0.717, 1.165) is 42.3 Å². The number of carbonyl (C=O) groups excluding carboxylic acids is 2. The Kier molecular flexibility index (Phi) is 6.04. The highest BCUT2D eigenvalue weighted by Crippen LogP contribution is 2.31. The molecule has 4 rings (SSSR count). The Morgan fingerprint density at radius 2 is 1.70 bits per heavy atom. The summed E-state index contributed by atoms with van der Waals surface area (Å²) in [6, 6.07) is 13.1. The molecule has 2 aliphatic rings. The maximum absolute atomic E-state index is 12.7. The molecule has 1 fully saturated rings. The molecule has 0 saturated carbocycles. The van der Waals surface area contributed by atoms with Gasteiger partial charge in [0.15, 0.2) is 11.5 Å². The van der Waals surface area contributed by atoms with E-state index in [1.807, 2.05) is 24.3 Å². The van der Waals surface area contributed by atoms with E-state index in [-0.39, 0.29) is 12.5 Å². The molecule has 0 aliphatic carbocycles. The molecular weight excluding hydrogens is 384 g/mol. The lowest BCUT2D eigenvalue weighted by Gasteiger charge is -2.35. The van der Waals surface area contributed by atoms with Gasteiger partial charge in [0.05, 0.1) is 6.42 Å².